The summed E-state index contributed by atoms with van der Waals surface area (Å²) in [6, 6.07) is 15.5. The van der Waals surface area contributed by atoms with Crippen LogP contribution in [0.4, 0.5) is 9.18 Å². The zero-order valence-corrected chi connectivity index (χ0v) is 23.6. The highest BCUT2D eigenvalue weighted by atomic mass is 19.1. The van der Waals surface area contributed by atoms with Crippen molar-refractivity contribution in [2.75, 3.05) is 13.2 Å². The average molecular weight is 557 g/mol. The molecule has 6 rings (SSSR count). The quantitative estimate of drug-likeness (QED) is 0.268. The van der Waals surface area contributed by atoms with Crippen LogP contribution in [0.25, 0.3) is 33.2 Å². The molecule has 41 heavy (non-hydrogen) atoms. The highest BCUT2D eigenvalue weighted by Crippen LogP contribution is 2.43. The Labute approximate surface area is 237 Å². The maximum atomic E-state index is 16.9. The van der Waals surface area contributed by atoms with Crippen molar-refractivity contribution in [3.63, 3.8) is 0 Å². The zero-order valence-electron chi connectivity index (χ0n) is 23.6. The molecule has 9 nitrogen and oxygen atoms in total. The van der Waals surface area contributed by atoms with Crippen molar-refractivity contribution in [3.05, 3.63) is 77.4 Å². The number of ether oxygens (including phenoxy) is 1. The Hall–Kier alpha value is -4.31. The lowest BCUT2D eigenvalue weighted by molar-refractivity contribution is 0.0552. The van der Waals surface area contributed by atoms with Gasteiger partial charge in [0.2, 0.25) is 0 Å². The van der Waals surface area contributed by atoms with E-state index in [4.69, 9.17) is 9.72 Å². The average Bonchev–Trinajstić information content (AvgIpc) is 3.45. The van der Waals surface area contributed by atoms with Crippen molar-refractivity contribution in [1.82, 2.24) is 29.9 Å². The van der Waals surface area contributed by atoms with Gasteiger partial charge in [-0.2, -0.15) is 0 Å². The summed E-state index contributed by atoms with van der Waals surface area (Å²) in [6.45, 7) is 6.51. The normalized spacial score (nSPS) is 15.4. The van der Waals surface area contributed by atoms with E-state index in [2.05, 4.69) is 32.3 Å². The highest BCUT2D eigenvalue weighted by Gasteiger charge is 2.34. The highest BCUT2D eigenvalue weighted by molar-refractivity contribution is 6.07. The van der Waals surface area contributed by atoms with E-state index in [-0.39, 0.29) is 17.5 Å². The predicted octanol–water partition coefficient (Wildman–Crippen LogP) is 5.95. The van der Waals surface area contributed by atoms with E-state index in [0.717, 1.165) is 40.9 Å². The molecule has 1 aliphatic heterocycles. The molecule has 10 heteroatoms. The van der Waals surface area contributed by atoms with Gasteiger partial charge in [0.15, 0.2) is 5.82 Å². The van der Waals surface area contributed by atoms with E-state index < -0.39 is 17.4 Å². The first kappa shape index (κ1) is 26.9. The zero-order chi connectivity index (χ0) is 28.9. The molecule has 0 aliphatic carbocycles. The van der Waals surface area contributed by atoms with Gasteiger partial charge in [-0.3, -0.25) is 4.98 Å². The van der Waals surface area contributed by atoms with Crippen LogP contribution >= 0.6 is 0 Å². The number of nitrogens with one attached hydrogen (secondary N) is 1. The van der Waals surface area contributed by atoms with Gasteiger partial charge in [0.25, 0.3) is 0 Å². The third-order valence-corrected chi connectivity index (χ3v) is 8.23. The van der Waals surface area contributed by atoms with Crippen LogP contribution in [-0.2, 0) is 17.3 Å². The van der Waals surface area contributed by atoms with Gasteiger partial charge < -0.3 is 19.7 Å². The van der Waals surface area contributed by atoms with E-state index >= 15 is 4.39 Å². The fraction of sp³-hybridized carbons (Fsp3) is 0.355. The smallest absolute Gasteiger partial charge is 0.405 e. The summed E-state index contributed by atoms with van der Waals surface area (Å²) >= 11 is 0. The number of hydrogen-bond donors (Lipinski definition) is 2. The van der Waals surface area contributed by atoms with Crippen LogP contribution in [0.2, 0.25) is 0 Å². The Bertz CT molecular complexity index is 1740. The molecule has 1 fully saturated rings. The van der Waals surface area contributed by atoms with E-state index in [0.29, 0.717) is 29.6 Å². The number of halogens is 1. The number of amides is 1. The fourth-order valence-corrected chi connectivity index (χ4v) is 6.36. The molecule has 0 bridgehead atoms. The van der Waals surface area contributed by atoms with Crippen LogP contribution in [0.1, 0.15) is 49.6 Å². The minimum atomic E-state index is -1.22. The molecule has 1 saturated heterocycles. The first-order chi connectivity index (χ1) is 19.7. The third-order valence-electron chi connectivity index (χ3n) is 8.23. The number of benzene rings is 2. The van der Waals surface area contributed by atoms with Crippen molar-refractivity contribution in [1.29, 1.82) is 0 Å². The van der Waals surface area contributed by atoms with Crippen molar-refractivity contribution in [2.45, 2.75) is 45.2 Å². The molecule has 1 amide bonds. The van der Waals surface area contributed by atoms with E-state index in [1.54, 1.807) is 30.8 Å². The second kappa shape index (κ2) is 10.3. The molecule has 2 aromatic carbocycles. The van der Waals surface area contributed by atoms with Crippen molar-refractivity contribution >= 4 is 28.0 Å². The van der Waals surface area contributed by atoms with E-state index in [1.165, 1.54) is 0 Å². The van der Waals surface area contributed by atoms with Gasteiger partial charge in [0, 0.05) is 43.0 Å². The first-order valence-electron chi connectivity index (χ1n) is 13.8. The Kier molecular flexibility index (Phi) is 6.73. The third kappa shape index (κ3) is 4.61. The van der Waals surface area contributed by atoms with Gasteiger partial charge in [-0.25, -0.2) is 13.9 Å². The molecule has 3 aromatic heterocycles. The molecule has 2 N–H and O–H groups in total. The molecule has 0 spiro atoms. The van der Waals surface area contributed by atoms with Crippen molar-refractivity contribution in [3.8, 4) is 11.3 Å². The number of carbonyl (C=O) groups is 1. The second-order valence-electron chi connectivity index (χ2n) is 11.3. The minimum Gasteiger partial charge on any atom is -0.465 e. The van der Waals surface area contributed by atoms with Crippen molar-refractivity contribution < 1.29 is 19.0 Å². The van der Waals surface area contributed by atoms with Gasteiger partial charge >= 0.3 is 6.09 Å². The lowest BCUT2D eigenvalue weighted by Crippen LogP contribution is -2.40. The van der Waals surface area contributed by atoms with Crippen LogP contribution in [0, 0.1) is 18.7 Å². The van der Waals surface area contributed by atoms with E-state index in [9.17, 15) is 9.90 Å². The molecule has 1 aliphatic rings. The molecule has 0 saturated carbocycles. The minimum absolute atomic E-state index is 0.182. The predicted molar refractivity (Wildman–Crippen MR) is 154 cm³/mol. The molecule has 0 radical (unpaired) electrons. The van der Waals surface area contributed by atoms with Gasteiger partial charge in [0.05, 0.1) is 39.5 Å². The van der Waals surface area contributed by atoms with Crippen LogP contribution < -0.4 is 5.32 Å². The molecule has 1 atom stereocenters. The van der Waals surface area contributed by atoms with Gasteiger partial charge in [-0.1, -0.05) is 47.7 Å². The summed E-state index contributed by atoms with van der Waals surface area (Å²) in [5, 5.41) is 21.0. The Morgan fingerprint density at radius 1 is 1.17 bits per heavy atom. The van der Waals surface area contributed by atoms with Crippen molar-refractivity contribution in [2.24, 2.45) is 13.0 Å². The van der Waals surface area contributed by atoms with E-state index in [1.807, 2.05) is 44.3 Å². The second-order valence-corrected chi connectivity index (χ2v) is 11.3. The van der Waals surface area contributed by atoms with Crippen LogP contribution in [0.5, 0.6) is 0 Å². The molecular weight excluding hydrogens is 523 g/mol. The summed E-state index contributed by atoms with van der Waals surface area (Å²) in [5.74, 6) is -0.283. The summed E-state index contributed by atoms with van der Waals surface area (Å²) in [6.07, 6.45) is 2.22. The maximum Gasteiger partial charge on any atom is 0.405 e. The van der Waals surface area contributed by atoms with Crippen LogP contribution in [0.3, 0.4) is 0 Å². The lowest BCUT2D eigenvalue weighted by Gasteiger charge is -2.33. The van der Waals surface area contributed by atoms with Gasteiger partial charge in [-0.15, -0.1) is 5.10 Å². The largest absolute Gasteiger partial charge is 0.465 e. The molecule has 1 unspecified atom stereocenters. The summed E-state index contributed by atoms with van der Waals surface area (Å²) in [4.78, 5) is 16.5. The SMILES string of the molecule is Cc1nnn(C)c1-c1cnc2c3ccc(C(C)(C)NC(=O)O)c(F)c3n(C(c3ccccc3)C3CCOCC3)c2c1. The summed E-state index contributed by atoms with van der Waals surface area (Å²) in [7, 11) is 1.84. The number of pyridine rings is 1. The number of fused-ring (bicyclic) bond motifs is 3. The standard InChI is InChI=1S/C31H33FN6O3/c1-18-27(37(4)36-35-18)21-16-24-26(33-17-21)22-10-11-23(31(2,3)34-30(39)40)25(32)29(22)38(24)28(19-8-6-5-7-9-19)20-12-14-41-15-13-20/h5-11,16-17,20,28,34H,12-15H2,1-4H3,(H,39,40). The summed E-state index contributed by atoms with van der Waals surface area (Å²) in [5.41, 5.74) is 4.49. The lowest BCUT2D eigenvalue weighted by atomic mass is 9.86. The Morgan fingerprint density at radius 3 is 2.56 bits per heavy atom. The molecular formula is C31H33FN6O3. The maximum absolute atomic E-state index is 16.9. The number of rotatable bonds is 6. The first-order valence-corrected chi connectivity index (χ1v) is 13.8. The van der Waals surface area contributed by atoms with Crippen LogP contribution in [0.15, 0.2) is 54.7 Å². The molecule has 5 aromatic rings. The van der Waals surface area contributed by atoms with Crippen LogP contribution in [-0.4, -0.2) is 49.0 Å². The Morgan fingerprint density at radius 2 is 1.90 bits per heavy atom. The summed E-state index contributed by atoms with van der Waals surface area (Å²) < 4.78 is 26.5. The Balaban J connectivity index is 1.71. The topological polar surface area (TPSA) is 107 Å². The number of hydrogen-bond acceptors (Lipinski definition) is 5. The molecule has 212 valence electrons. The molecule has 4 heterocycles. The van der Waals surface area contributed by atoms with Gasteiger partial charge in [0.1, 0.15) is 0 Å². The monoisotopic (exact) mass is 556 g/mol. The number of nitrogens with zero attached hydrogens (tertiary/aromatic N) is 5. The fourth-order valence-electron chi connectivity index (χ4n) is 6.36. The number of carboxylic acid groups (broad SMARTS) is 1. The van der Waals surface area contributed by atoms with Gasteiger partial charge in [-0.05, 0) is 51.2 Å². The number of aromatic nitrogens is 5. The number of aryl methyl sites for hydroxylation is 2.